The van der Waals surface area contributed by atoms with Gasteiger partial charge < -0.3 is 14.8 Å². The summed E-state index contributed by atoms with van der Waals surface area (Å²) < 4.78 is 11.4. The summed E-state index contributed by atoms with van der Waals surface area (Å²) in [4.78, 5) is 14.7. The maximum absolute atomic E-state index is 12.3. The molecule has 2 rings (SSSR count). The Bertz CT molecular complexity index is 877. The third-order valence-electron chi connectivity index (χ3n) is 4.79. The van der Waals surface area contributed by atoms with Gasteiger partial charge in [0.05, 0.1) is 7.11 Å². The number of halogens is 1. The number of carbonyl (C=O) groups excluding carboxylic acids is 1. The molecule has 0 atom stereocenters. The molecule has 0 spiro atoms. The molecule has 0 saturated heterocycles. The van der Waals surface area contributed by atoms with Crippen LogP contribution in [-0.4, -0.2) is 44.2 Å². The van der Waals surface area contributed by atoms with Gasteiger partial charge in [-0.1, -0.05) is 37.6 Å². The molecular weight excluding hydrogens is 412 g/mol. The van der Waals surface area contributed by atoms with Gasteiger partial charge in [0.25, 0.3) is 0 Å². The second-order valence-electron chi connectivity index (χ2n) is 7.39. The molecule has 1 amide bonds. The van der Waals surface area contributed by atoms with Crippen LogP contribution in [0.15, 0.2) is 42.5 Å². The standard InChI is InChI=1S/C25H33ClN2O3/c1-5-13-28(14-6-2)15-16-31-24-18-21(9-11-23(24)30-4)27-25(29)12-8-20-7-10-22(26)19(3)17-20/h7-12,17-18H,5-6,13-16H2,1-4H3,(H,27,29)/b12-8+. The van der Waals surface area contributed by atoms with E-state index in [2.05, 4.69) is 24.1 Å². The lowest BCUT2D eigenvalue weighted by atomic mass is 10.1. The van der Waals surface area contributed by atoms with Gasteiger partial charge in [-0.2, -0.15) is 0 Å². The van der Waals surface area contributed by atoms with Crippen LogP contribution in [-0.2, 0) is 4.79 Å². The molecule has 0 heterocycles. The highest BCUT2D eigenvalue weighted by atomic mass is 35.5. The zero-order valence-electron chi connectivity index (χ0n) is 18.9. The second kappa shape index (κ2) is 13.0. The highest BCUT2D eigenvalue weighted by Crippen LogP contribution is 2.30. The fourth-order valence-corrected chi connectivity index (χ4v) is 3.36. The van der Waals surface area contributed by atoms with E-state index in [0.29, 0.717) is 28.8 Å². The molecule has 2 aromatic carbocycles. The smallest absolute Gasteiger partial charge is 0.248 e. The first kappa shape index (κ1) is 24.8. The number of benzene rings is 2. The van der Waals surface area contributed by atoms with Crippen molar-refractivity contribution in [1.29, 1.82) is 0 Å². The van der Waals surface area contributed by atoms with Crippen LogP contribution < -0.4 is 14.8 Å². The zero-order valence-corrected chi connectivity index (χ0v) is 19.7. The fourth-order valence-electron chi connectivity index (χ4n) is 3.25. The van der Waals surface area contributed by atoms with Crippen LogP contribution in [0.4, 0.5) is 5.69 Å². The number of ether oxygens (including phenoxy) is 2. The Labute approximate surface area is 191 Å². The first-order chi connectivity index (χ1) is 15.0. The van der Waals surface area contributed by atoms with E-state index in [9.17, 15) is 4.79 Å². The van der Waals surface area contributed by atoms with Crippen molar-refractivity contribution in [3.05, 3.63) is 58.6 Å². The Balaban J connectivity index is 1.99. The number of hydrogen-bond acceptors (Lipinski definition) is 4. The number of hydrogen-bond donors (Lipinski definition) is 1. The van der Waals surface area contributed by atoms with Gasteiger partial charge in [-0.3, -0.25) is 9.69 Å². The van der Waals surface area contributed by atoms with Crippen molar-refractivity contribution in [1.82, 2.24) is 4.90 Å². The lowest BCUT2D eigenvalue weighted by Gasteiger charge is -2.21. The lowest BCUT2D eigenvalue weighted by Crippen LogP contribution is -2.30. The summed E-state index contributed by atoms with van der Waals surface area (Å²) in [5.74, 6) is 1.04. The molecule has 0 saturated carbocycles. The van der Waals surface area contributed by atoms with E-state index in [1.54, 1.807) is 31.4 Å². The van der Waals surface area contributed by atoms with Gasteiger partial charge in [0, 0.05) is 29.4 Å². The summed E-state index contributed by atoms with van der Waals surface area (Å²) in [6.45, 7) is 9.83. The van der Waals surface area contributed by atoms with E-state index in [-0.39, 0.29) is 5.91 Å². The molecular formula is C25H33ClN2O3. The summed E-state index contributed by atoms with van der Waals surface area (Å²) in [5, 5.41) is 3.58. The Hall–Kier alpha value is -2.50. The summed E-state index contributed by atoms with van der Waals surface area (Å²) >= 11 is 6.05. The van der Waals surface area contributed by atoms with Crippen LogP contribution in [0.25, 0.3) is 6.08 Å². The van der Waals surface area contributed by atoms with Gasteiger partial charge in [0.1, 0.15) is 6.61 Å². The van der Waals surface area contributed by atoms with Crippen molar-refractivity contribution >= 4 is 29.3 Å². The van der Waals surface area contributed by atoms with Gasteiger partial charge in [-0.15, -0.1) is 0 Å². The van der Waals surface area contributed by atoms with Gasteiger partial charge in [0.2, 0.25) is 5.91 Å². The van der Waals surface area contributed by atoms with Crippen molar-refractivity contribution in [2.45, 2.75) is 33.6 Å². The van der Waals surface area contributed by atoms with Gasteiger partial charge >= 0.3 is 0 Å². The molecule has 0 aliphatic rings. The summed E-state index contributed by atoms with van der Waals surface area (Å²) in [5.41, 5.74) is 2.54. The third-order valence-corrected chi connectivity index (χ3v) is 5.21. The van der Waals surface area contributed by atoms with Crippen LogP contribution in [0.5, 0.6) is 11.5 Å². The summed E-state index contributed by atoms with van der Waals surface area (Å²) in [7, 11) is 1.61. The molecule has 2 aromatic rings. The summed E-state index contributed by atoms with van der Waals surface area (Å²) in [6, 6.07) is 11.0. The fraction of sp³-hybridized carbons (Fsp3) is 0.400. The predicted octanol–water partition coefficient (Wildman–Crippen LogP) is 5.81. The monoisotopic (exact) mass is 444 g/mol. The minimum atomic E-state index is -0.221. The lowest BCUT2D eigenvalue weighted by molar-refractivity contribution is -0.111. The molecule has 1 N–H and O–H groups in total. The number of nitrogens with one attached hydrogen (secondary N) is 1. The molecule has 0 aromatic heterocycles. The molecule has 5 nitrogen and oxygen atoms in total. The highest BCUT2D eigenvalue weighted by Gasteiger charge is 2.09. The Morgan fingerprint density at radius 2 is 1.81 bits per heavy atom. The molecule has 0 unspecified atom stereocenters. The van der Waals surface area contributed by atoms with E-state index < -0.39 is 0 Å². The summed E-state index contributed by atoms with van der Waals surface area (Å²) in [6.07, 6.45) is 5.50. The predicted molar refractivity (Wildman–Crippen MR) is 129 cm³/mol. The molecule has 0 fully saturated rings. The molecule has 6 heteroatoms. The van der Waals surface area contributed by atoms with E-state index in [0.717, 1.165) is 43.6 Å². The topological polar surface area (TPSA) is 50.8 Å². The average molecular weight is 445 g/mol. The van der Waals surface area contributed by atoms with Crippen LogP contribution in [0.2, 0.25) is 5.02 Å². The number of methoxy groups -OCH3 is 1. The Morgan fingerprint density at radius 3 is 2.45 bits per heavy atom. The van der Waals surface area contributed by atoms with Crippen molar-refractivity contribution < 1.29 is 14.3 Å². The molecule has 0 radical (unpaired) electrons. The van der Waals surface area contributed by atoms with Crippen LogP contribution in [0.3, 0.4) is 0 Å². The second-order valence-corrected chi connectivity index (χ2v) is 7.79. The number of anilines is 1. The molecule has 31 heavy (non-hydrogen) atoms. The molecule has 0 aliphatic carbocycles. The minimum Gasteiger partial charge on any atom is -0.493 e. The van der Waals surface area contributed by atoms with Crippen molar-refractivity contribution in [3.63, 3.8) is 0 Å². The van der Waals surface area contributed by atoms with E-state index >= 15 is 0 Å². The SMILES string of the molecule is CCCN(CCC)CCOc1cc(NC(=O)/C=C/c2ccc(Cl)c(C)c2)ccc1OC. The van der Waals surface area contributed by atoms with Gasteiger partial charge in [-0.25, -0.2) is 0 Å². The van der Waals surface area contributed by atoms with Gasteiger partial charge in [-0.05, 0) is 68.3 Å². The molecule has 168 valence electrons. The number of rotatable bonds is 12. The maximum atomic E-state index is 12.3. The van der Waals surface area contributed by atoms with E-state index in [1.807, 2.05) is 25.1 Å². The Kier molecular flexibility index (Phi) is 10.4. The highest BCUT2D eigenvalue weighted by molar-refractivity contribution is 6.31. The van der Waals surface area contributed by atoms with Crippen molar-refractivity contribution in [2.75, 3.05) is 38.7 Å². The molecule has 0 bridgehead atoms. The van der Waals surface area contributed by atoms with Crippen molar-refractivity contribution in [3.8, 4) is 11.5 Å². The Morgan fingerprint density at radius 1 is 1.06 bits per heavy atom. The molecule has 0 aliphatic heterocycles. The van der Waals surface area contributed by atoms with Crippen LogP contribution in [0.1, 0.15) is 37.8 Å². The average Bonchev–Trinajstić information content (AvgIpc) is 2.75. The normalized spacial score (nSPS) is 11.2. The number of aryl methyl sites for hydroxylation is 1. The number of amides is 1. The quantitative estimate of drug-likeness (QED) is 0.420. The van der Waals surface area contributed by atoms with E-state index in [1.165, 1.54) is 6.08 Å². The minimum absolute atomic E-state index is 0.221. The maximum Gasteiger partial charge on any atom is 0.248 e. The van der Waals surface area contributed by atoms with Crippen LogP contribution in [0, 0.1) is 6.92 Å². The first-order valence-corrected chi connectivity index (χ1v) is 11.1. The largest absolute Gasteiger partial charge is 0.493 e. The third kappa shape index (κ3) is 8.27. The number of nitrogens with zero attached hydrogens (tertiary/aromatic N) is 1. The number of carbonyl (C=O) groups is 1. The van der Waals surface area contributed by atoms with E-state index in [4.69, 9.17) is 21.1 Å². The van der Waals surface area contributed by atoms with Crippen LogP contribution >= 0.6 is 11.6 Å². The zero-order chi connectivity index (χ0) is 22.6. The first-order valence-electron chi connectivity index (χ1n) is 10.7. The van der Waals surface area contributed by atoms with Gasteiger partial charge in [0.15, 0.2) is 11.5 Å². The van der Waals surface area contributed by atoms with Crippen molar-refractivity contribution in [2.24, 2.45) is 0 Å².